The molecule has 0 rings (SSSR count). The van der Waals surface area contributed by atoms with Crippen molar-refractivity contribution in [3.8, 4) is 0 Å². The second-order valence-corrected chi connectivity index (χ2v) is 2.15. The first-order valence-corrected chi connectivity index (χ1v) is 3.51. The van der Waals surface area contributed by atoms with Gasteiger partial charge < -0.3 is 14.7 Å². The number of ether oxygens (including phenoxy) is 2. The molecule has 0 saturated carbocycles. The molecule has 0 atom stereocenters. The zero-order chi connectivity index (χ0) is 9.40. The Labute approximate surface area is 71.0 Å². The molecule has 0 radical (unpaired) electrons. The fourth-order valence-corrected chi connectivity index (χ4v) is 0.512. The number of Topliss-reactive ketones (excluding diaryl/α,β-unsaturated/α-hetero) is 1. The number of hydrogen-bond donors (Lipinski definition) is 1. The van der Waals surface area contributed by atoms with Gasteiger partial charge in [-0.05, 0) is 0 Å². The minimum absolute atomic E-state index is 0.0195. The van der Waals surface area contributed by atoms with Crippen molar-refractivity contribution in [2.24, 2.45) is 5.16 Å². The van der Waals surface area contributed by atoms with E-state index >= 15 is 0 Å². The third-order valence-corrected chi connectivity index (χ3v) is 1.20. The molecule has 0 aromatic heterocycles. The molecule has 0 aliphatic heterocycles. The van der Waals surface area contributed by atoms with Crippen molar-refractivity contribution in [3.63, 3.8) is 0 Å². The predicted octanol–water partition coefficient (Wildman–Crippen LogP) is 0.0686. The summed E-state index contributed by atoms with van der Waals surface area (Å²) in [4.78, 5) is 10.6. The lowest BCUT2D eigenvalue weighted by Gasteiger charge is -2.01. The first kappa shape index (κ1) is 11.1. The molecule has 0 aromatic rings. The van der Waals surface area contributed by atoms with Gasteiger partial charge in [0.15, 0.2) is 5.78 Å². The van der Waals surface area contributed by atoms with Gasteiger partial charge in [-0.3, -0.25) is 4.79 Å². The maximum absolute atomic E-state index is 10.6. The average molecular weight is 175 g/mol. The molecule has 0 spiro atoms. The molecule has 0 aromatic carbocycles. The number of methoxy groups -OCH3 is 1. The second kappa shape index (κ2) is 6.75. The van der Waals surface area contributed by atoms with Gasteiger partial charge in [0.05, 0.1) is 19.8 Å². The van der Waals surface area contributed by atoms with Gasteiger partial charge in [-0.2, -0.15) is 0 Å². The van der Waals surface area contributed by atoms with Crippen molar-refractivity contribution < 1.29 is 19.5 Å². The van der Waals surface area contributed by atoms with Crippen molar-refractivity contribution in [2.45, 2.75) is 6.92 Å². The smallest absolute Gasteiger partial charge is 0.179 e. The highest BCUT2D eigenvalue weighted by Crippen LogP contribution is 1.83. The van der Waals surface area contributed by atoms with E-state index in [1.165, 1.54) is 6.92 Å². The van der Waals surface area contributed by atoms with E-state index in [-0.39, 0.29) is 18.1 Å². The topological polar surface area (TPSA) is 68.1 Å². The number of carbonyl (C=O) groups excluding carboxylic acids is 1. The molecule has 0 bridgehead atoms. The lowest BCUT2D eigenvalue weighted by atomic mass is 10.3. The van der Waals surface area contributed by atoms with Gasteiger partial charge in [0, 0.05) is 14.0 Å². The Morgan fingerprint density at radius 2 is 2.17 bits per heavy atom. The molecule has 0 saturated heterocycles. The van der Waals surface area contributed by atoms with Gasteiger partial charge in [-0.25, -0.2) is 0 Å². The third kappa shape index (κ3) is 4.81. The van der Waals surface area contributed by atoms with Crippen molar-refractivity contribution in [3.05, 3.63) is 0 Å². The molecular formula is C7H13NO4. The highest BCUT2D eigenvalue weighted by atomic mass is 16.5. The summed E-state index contributed by atoms with van der Waals surface area (Å²) in [7, 11) is 1.55. The summed E-state index contributed by atoms with van der Waals surface area (Å²) in [6.07, 6.45) is 0. The Balaban J connectivity index is 3.54. The Bertz CT molecular complexity index is 167. The van der Waals surface area contributed by atoms with Crippen LogP contribution in [0.5, 0.6) is 0 Å². The standard InChI is InChI=1S/C7H13NO4/c1-6(9)7(8-10)5-12-4-3-11-2/h10H,3-5H2,1-2H3/b8-7-. The molecule has 1 N–H and O–H groups in total. The zero-order valence-electron chi connectivity index (χ0n) is 7.24. The largest absolute Gasteiger partial charge is 0.410 e. The van der Waals surface area contributed by atoms with Crippen LogP contribution in [-0.4, -0.2) is 43.6 Å². The van der Waals surface area contributed by atoms with E-state index in [0.717, 1.165) is 0 Å². The molecule has 0 amide bonds. The minimum Gasteiger partial charge on any atom is -0.410 e. The van der Waals surface area contributed by atoms with E-state index in [9.17, 15) is 4.79 Å². The van der Waals surface area contributed by atoms with Crippen LogP contribution in [0.15, 0.2) is 5.16 Å². The van der Waals surface area contributed by atoms with Gasteiger partial charge in [0.25, 0.3) is 0 Å². The second-order valence-electron chi connectivity index (χ2n) is 2.15. The summed E-state index contributed by atoms with van der Waals surface area (Å²) in [5.74, 6) is -0.296. The van der Waals surface area contributed by atoms with Crippen LogP contribution in [0.4, 0.5) is 0 Å². The SMILES string of the molecule is COCCOC/C(=N/O)C(C)=O. The normalized spacial score (nSPS) is 11.7. The number of hydrogen-bond acceptors (Lipinski definition) is 5. The average Bonchev–Trinajstić information content (AvgIpc) is 2.04. The maximum atomic E-state index is 10.6. The molecule has 5 nitrogen and oxygen atoms in total. The van der Waals surface area contributed by atoms with Gasteiger partial charge in [0.1, 0.15) is 5.71 Å². The van der Waals surface area contributed by atoms with Crippen LogP contribution in [0.25, 0.3) is 0 Å². The molecule has 70 valence electrons. The minimum atomic E-state index is -0.296. The van der Waals surface area contributed by atoms with Gasteiger partial charge in [0.2, 0.25) is 0 Å². The van der Waals surface area contributed by atoms with Crippen LogP contribution in [0.3, 0.4) is 0 Å². The van der Waals surface area contributed by atoms with Gasteiger partial charge in [-0.15, -0.1) is 0 Å². The van der Waals surface area contributed by atoms with E-state index in [4.69, 9.17) is 14.7 Å². The van der Waals surface area contributed by atoms with Crippen molar-refractivity contribution in [2.75, 3.05) is 26.9 Å². The van der Waals surface area contributed by atoms with Crippen LogP contribution in [-0.2, 0) is 14.3 Å². The first-order valence-electron chi connectivity index (χ1n) is 3.51. The number of nitrogens with zero attached hydrogens (tertiary/aromatic N) is 1. The summed E-state index contributed by atoms with van der Waals surface area (Å²) in [5.41, 5.74) is 0.0195. The lowest BCUT2D eigenvalue weighted by molar-refractivity contribution is -0.111. The summed E-state index contributed by atoms with van der Waals surface area (Å²) in [5, 5.41) is 11.1. The van der Waals surface area contributed by atoms with Crippen LogP contribution < -0.4 is 0 Å². The van der Waals surface area contributed by atoms with E-state index in [0.29, 0.717) is 13.2 Å². The molecule has 0 aliphatic rings. The number of ketones is 1. The molecule has 0 fully saturated rings. The van der Waals surface area contributed by atoms with E-state index in [1.807, 2.05) is 0 Å². The Hall–Kier alpha value is -0.940. The quantitative estimate of drug-likeness (QED) is 0.268. The van der Waals surface area contributed by atoms with E-state index < -0.39 is 0 Å². The fraction of sp³-hybridized carbons (Fsp3) is 0.714. The molecule has 0 unspecified atom stereocenters. The summed E-state index contributed by atoms with van der Waals surface area (Å²) < 4.78 is 9.66. The predicted molar refractivity (Wildman–Crippen MR) is 42.6 cm³/mol. The van der Waals surface area contributed by atoms with Crippen LogP contribution in [0.1, 0.15) is 6.92 Å². The van der Waals surface area contributed by atoms with Crippen LogP contribution in [0, 0.1) is 0 Å². The van der Waals surface area contributed by atoms with Crippen molar-refractivity contribution in [1.29, 1.82) is 0 Å². The Kier molecular flexibility index (Phi) is 6.22. The van der Waals surface area contributed by atoms with E-state index in [2.05, 4.69) is 5.16 Å². The Morgan fingerprint density at radius 3 is 2.58 bits per heavy atom. The number of rotatable bonds is 6. The maximum Gasteiger partial charge on any atom is 0.179 e. The first-order chi connectivity index (χ1) is 5.72. The number of oxime groups is 1. The van der Waals surface area contributed by atoms with E-state index in [1.54, 1.807) is 7.11 Å². The molecule has 0 aliphatic carbocycles. The summed E-state index contributed by atoms with van der Waals surface area (Å²) in [6, 6.07) is 0. The molecule has 5 heteroatoms. The highest BCUT2D eigenvalue weighted by Gasteiger charge is 2.05. The van der Waals surface area contributed by atoms with Gasteiger partial charge >= 0.3 is 0 Å². The lowest BCUT2D eigenvalue weighted by Crippen LogP contribution is -2.18. The third-order valence-electron chi connectivity index (χ3n) is 1.20. The zero-order valence-corrected chi connectivity index (χ0v) is 7.24. The van der Waals surface area contributed by atoms with Crippen LogP contribution >= 0.6 is 0 Å². The van der Waals surface area contributed by atoms with Crippen molar-refractivity contribution in [1.82, 2.24) is 0 Å². The van der Waals surface area contributed by atoms with Crippen molar-refractivity contribution >= 4 is 11.5 Å². The highest BCUT2D eigenvalue weighted by molar-refractivity contribution is 6.39. The monoisotopic (exact) mass is 175 g/mol. The summed E-state index contributed by atoms with van der Waals surface area (Å²) in [6.45, 7) is 2.17. The number of carbonyl (C=O) groups is 1. The molecule has 12 heavy (non-hydrogen) atoms. The van der Waals surface area contributed by atoms with Crippen LogP contribution in [0.2, 0.25) is 0 Å². The molecule has 0 heterocycles. The molecular weight excluding hydrogens is 162 g/mol. The fourth-order valence-electron chi connectivity index (χ4n) is 0.512. The Morgan fingerprint density at radius 1 is 1.50 bits per heavy atom. The van der Waals surface area contributed by atoms with Gasteiger partial charge in [-0.1, -0.05) is 5.16 Å². The summed E-state index contributed by atoms with van der Waals surface area (Å²) >= 11 is 0.